The number of hydrogen-bond donors (Lipinski definition) is 1. The van der Waals surface area contributed by atoms with Gasteiger partial charge in [0, 0.05) is 19.6 Å². The molecule has 1 aromatic rings. The molecule has 1 aliphatic rings. The standard InChI is InChI=1S/C12H17NO/c1-10-2-3-12-9-13(6-7-14)5-4-11(12)8-10/h2-3,8,14H,4-7,9H2,1H3. The number of aliphatic hydroxyl groups is 1. The van der Waals surface area contributed by atoms with E-state index >= 15 is 0 Å². The number of aryl methyl sites for hydroxylation is 1. The van der Waals surface area contributed by atoms with Crippen molar-refractivity contribution in [1.82, 2.24) is 4.90 Å². The molecule has 0 aliphatic carbocycles. The van der Waals surface area contributed by atoms with Gasteiger partial charge < -0.3 is 5.11 Å². The minimum Gasteiger partial charge on any atom is -0.395 e. The van der Waals surface area contributed by atoms with Gasteiger partial charge in [-0.3, -0.25) is 4.90 Å². The second kappa shape index (κ2) is 4.11. The molecule has 0 saturated heterocycles. The summed E-state index contributed by atoms with van der Waals surface area (Å²) in [6.07, 6.45) is 1.12. The van der Waals surface area contributed by atoms with E-state index < -0.39 is 0 Å². The van der Waals surface area contributed by atoms with Gasteiger partial charge in [0.25, 0.3) is 0 Å². The molecule has 2 heteroatoms. The normalized spacial score (nSPS) is 16.7. The molecule has 0 atom stereocenters. The third-order valence-corrected chi connectivity index (χ3v) is 2.87. The van der Waals surface area contributed by atoms with Gasteiger partial charge in [-0.05, 0) is 24.5 Å². The van der Waals surface area contributed by atoms with E-state index in [0.29, 0.717) is 0 Å². The second-order valence-corrected chi connectivity index (χ2v) is 4.02. The van der Waals surface area contributed by atoms with Crippen molar-refractivity contribution in [3.05, 3.63) is 34.9 Å². The summed E-state index contributed by atoms with van der Waals surface area (Å²) in [5.74, 6) is 0. The first-order valence-corrected chi connectivity index (χ1v) is 5.21. The number of fused-ring (bicyclic) bond motifs is 1. The van der Waals surface area contributed by atoms with E-state index in [0.717, 1.165) is 26.1 Å². The maximum absolute atomic E-state index is 8.87. The molecule has 1 N–H and O–H groups in total. The highest BCUT2D eigenvalue weighted by Crippen LogP contribution is 2.19. The van der Waals surface area contributed by atoms with Crippen LogP contribution >= 0.6 is 0 Å². The first-order chi connectivity index (χ1) is 6.79. The number of β-amino-alcohol motifs (C(OH)–C–C–N with tert-alkyl or cyclic N) is 1. The summed E-state index contributed by atoms with van der Waals surface area (Å²) in [5.41, 5.74) is 4.26. The van der Waals surface area contributed by atoms with Crippen LogP contribution < -0.4 is 0 Å². The Balaban J connectivity index is 2.15. The molecule has 2 nitrogen and oxygen atoms in total. The van der Waals surface area contributed by atoms with E-state index in [2.05, 4.69) is 30.0 Å². The highest BCUT2D eigenvalue weighted by molar-refractivity contribution is 5.33. The van der Waals surface area contributed by atoms with Gasteiger partial charge in [0.05, 0.1) is 6.61 Å². The van der Waals surface area contributed by atoms with Gasteiger partial charge in [-0.25, -0.2) is 0 Å². The lowest BCUT2D eigenvalue weighted by Gasteiger charge is -2.28. The Bertz CT molecular complexity index is 322. The Morgan fingerprint density at radius 3 is 3.00 bits per heavy atom. The Morgan fingerprint density at radius 2 is 2.21 bits per heavy atom. The third-order valence-electron chi connectivity index (χ3n) is 2.87. The lowest BCUT2D eigenvalue weighted by molar-refractivity contribution is 0.184. The summed E-state index contributed by atoms with van der Waals surface area (Å²) in [6.45, 7) is 5.28. The zero-order chi connectivity index (χ0) is 9.97. The van der Waals surface area contributed by atoms with Crippen LogP contribution in [0.5, 0.6) is 0 Å². The van der Waals surface area contributed by atoms with Crippen LogP contribution in [0.3, 0.4) is 0 Å². The zero-order valence-electron chi connectivity index (χ0n) is 8.66. The predicted molar refractivity (Wildman–Crippen MR) is 57.2 cm³/mol. The van der Waals surface area contributed by atoms with Crippen LogP contribution in [-0.4, -0.2) is 29.7 Å². The number of aliphatic hydroxyl groups excluding tert-OH is 1. The maximum Gasteiger partial charge on any atom is 0.0558 e. The van der Waals surface area contributed by atoms with Gasteiger partial charge in [-0.2, -0.15) is 0 Å². The Kier molecular flexibility index (Phi) is 2.85. The second-order valence-electron chi connectivity index (χ2n) is 4.02. The molecule has 1 aliphatic heterocycles. The largest absolute Gasteiger partial charge is 0.395 e. The summed E-state index contributed by atoms with van der Waals surface area (Å²) in [6, 6.07) is 6.67. The molecule has 0 saturated carbocycles. The molecule has 0 amide bonds. The average Bonchev–Trinajstić information content (AvgIpc) is 2.19. The summed E-state index contributed by atoms with van der Waals surface area (Å²) < 4.78 is 0. The topological polar surface area (TPSA) is 23.5 Å². The Hall–Kier alpha value is -0.860. The van der Waals surface area contributed by atoms with Crippen molar-refractivity contribution >= 4 is 0 Å². The van der Waals surface area contributed by atoms with Gasteiger partial charge in [0.15, 0.2) is 0 Å². The molecular weight excluding hydrogens is 174 g/mol. The SMILES string of the molecule is Cc1ccc2c(c1)CCN(CCO)C2. The number of hydrogen-bond acceptors (Lipinski definition) is 2. The lowest BCUT2D eigenvalue weighted by atomic mass is 9.98. The molecule has 76 valence electrons. The van der Waals surface area contributed by atoms with Crippen LogP contribution in [0.4, 0.5) is 0 Å². The smallest absolute Gasteiger partial charge is 0.0558 e. The predicted octanol–water partition coefficient (Wildman–Crippen LogP) is 1.35. The van der Waals surface area contributed by atoms with Gasteiger partial charge in [-0.1, -0.05) is 23.8 Å². The third kappa shape index (κ3) is 1.97. The monoisotopic (exact) mass is 191 g/mol. The fourth-order valence-corrected chi connectivity index (χ4v) is 2.07. The lowest BCUT2D eigenvalue weighted by Crippen LogP contribution is -2.32. The molecule has 1 heterocycles. The quantitative estimate of drug-likeness (QED) is 0.762. The van der Waals surface area contributed by atoms with Crippen LogP contribution in [0.25, 0.3) is 0 Å². The first kappa shape index (κ1) is 9.69. The van der Waals surface area contributed by atoms with Crippen molar-refractivity contribution in [3.8, 4) is 0 Å². The molecule has 0 radical (unpaired) electrons. The first-order valence-electron chi connectivity index (χ1n) is 5.21. The summed E-state index contributed by atoms with van der Waals surface area (Å²) in [5, 5.41) is 8.87. The van der Waals surface area contributed by atoms with Crippen molar-refractivity contribution in [2.75, 3.05) is 19.7 Å². The van der Waals surface area contributed by atoms with E-state index in [9.17, 15) is 0 Å². The molecule has 0 unspecified atom stereocenters. The highest BCUT2D eigenvalue weighted by atomic mass is 16.3. The van der Waals surface area contributed by atoms with E-state index in [1.807, 2.05) is 0 Å². The van der Waals surface area contributed by atoms with Crippen molar-refractivity contribution in [3.63, 3.8) is 0 Å². The van der Waals surface area contributed by atoms with E-state index in [4.69, 9.17) is 5.11 Å². The Morgan fingerprint density at radius 1 is 1.36 bits per heavy atom. The van der Waals surface area contributed by atoms with Gasteiger partial charge in [-0.15, -0.1) is 0 Å². The molecule has 2 rings (SSSR count). The summed E-state index contributed by atoms with van der Waals surface area (Å²) in [7, 11) is 0. The zero-order valence-corrected chi connectivity index (χ0v) is 8.66. The van der Waals surface area contributed by atoms with Crippen molar-refractivity contribution < 1.29 is 5.11 Å². The van der Waals surface area contributed by atoms with Crippen LogP contribution in [0.1, 0.15) is 16.7 Å². The molecule has 0 fully saturated rings. The number of nitrogens with zero attached hydrogens (tertiary/aromatic N) is 1. The maximum atomic E-state index is 8.87. The van der Waals surface area contributed by atoms with Gasteiger partial charge in [0.2, 0.25) is 0 Å². The fraction of sp³-hybridized carbons (Fsp3) is 0.500. The van der Waals surface area contributed by atoms with Crippen LogP contribution in [0.2, 0.25) is 0 Å². The Labute approximate surface area is 85.2 Å². The molecule has 1 aromatic carbocycles. The van der Waals surface area contributed by atoms with E-state index in [1.54, 1.807) is 0 Å². The van der Waals surface area contributed by atoms with Crippen LogP contribution in [0, 0.1) is 6.92 Å². The average molecular weight is 191 g/mol. The van der Waals surface area contributed by atoms with E-state index in [1.165, 1.54) is 16.7 Å². The molecule has 0 bridgehead atoms. The van der Waals surface area contributed by atoms with Gasteiger partial charge >= 0.3 is 0 Å². The van der Waals surface area contributed by atoms with Crippen molar-refractivity contribution in [2.45, 2.75) is 19.9 Å². The molecule has 0 spiro atoms. The molecule has 0 aromatic heterocycles. The van der Waals surface area contributed by atoms with Crippen LogP contribution in [-0.2, 0) is 13.0 Å². The number of rotatable bonds is 2. The summed E-state index contributed by atoms with van der Waals surface area (Å²) >= 11 is 0. The fourth-order valence-electron chi connectivity index (χ4n) is 2.07. The molecular formula is C12H17NO. The van der Waals surface area contributed by atoms with Crippen LogP contribution in [0.15, 0.2) is 18.2 Å². The molecule has 14 heavy (non-hydrogen) atoms. The minimum atomic E-state index is 0.265. The minimum absolute atomic E-state index is 0.265. The van der Waals surface area contributed by atoms with Crippen molar-refractivity contribution in [1.29, 1.82) is 0 Å². The van der Waals surface area contributed by atoms with E-state index in [-0.39, 0.29) is 6.61 Å². The van der Waals surface area contributed by atoms with Crippen molar-refractivity contribution in [2.24, 2.45) is 0 Å². The number of benzene rings is 1. The highest BCUT2D eigenvalue weighted by Gasteiger charge is 2.14. The van der Waals surface area contributed by atoms with Gasteiger partial charge in [0.1, 0.15) is 0 Å². The summed E-state index contributed by atoms with van der Waals surface area (Å²) in [4.78, 5) is 2.30.